The Morgan fingerprint density at radius 2 is 1.71 bits per heavy atom. The smallest absolute Gasteiger partial charge is 0.403 e. The maximum Gasteiger partial charge on any atom is 0.403 e. The molecule has 0 saturated heterocycles. The van der Waals surface area contributed by atoms with Gasteiger partial charge in [0.05, 0.1) is 0 Å². The molecule has 0 radical (unpaired) electrons. The number of carbonyl (C=O) groups is 1. The zero-order valence-corrected chi connectivity index (χ0v) is 21.1. The fourth-order valence-electron chi connectivity index (χ4n) is 3.39. The Labute approximate surface area is 142 Å². The van der Waals surface area contributed by atoms with Gasteiger partial charge in [0.1, 0.15) is 6.61 Å². The van der Waals surface area contributed by atoms with E-state index in [1.807, 2.05) is 0 Å². The third kappa shape index (κ3) is 3.11. The Morgan fingerprint density at radius 1 is 1.12 bits per heavy atom. The van der Waals surface area contributed by atoms with E-state index in [1.54, 1.807) is 0 Å². The zero-order chi connectivity index (χ0) is 16.4. The van der Waals surface area contributed by atoms with Gasteiger partial charge < -0.3 is 11.7 Å². The van der Waals surface area contributed by atoms with E-state index in [4.69, 9.17) is 16.3 Å². The Morgan fingerprint density at radius 3 is 2.25 bits per heavy atom. The van der Waals surface area contributed by atoms with Crippen molar-refractivity contribution in [1.29, 1.82) is 0 Å². The molecule has 4 heteroatoms. The van der Waals surface area contributed by atoms with Crippen LogP contribution in [-0.4, -0.2) is 12.0 Å². The number of hydrogen-bond acceptors (Lipinski definition) is 2. The van der Waals surface area contributed by atoms with Crippen molar-refractivity contribution < 1.29 is 9.53 Å². The van der Waals surface area contributed by atoms with Gasteiger partial charge in [-0.25, -0.2) is 4.79 Å². The van der Waals surface area contributed by atoms with Gasteiger partial charge in [0, 0.05) is 17.5 Å². The van der Waals surface area contributed by atoms with Crippen LogP contribution >= 0.6 is 11.6 Å². The third-order valence-corrected chi connectivity index (χ3v) is 4.57. The van der Waals surface area contributed by atoms with Gasteiger partial charge in [0.2, 0.25) is 0 Å². The van der Waals surface area contributed by atoms with Crippen LogP contribution in [0.2, 0.25) is 0 Å². The summed E-state index contributed by atoms with van der Waals surface area (Å²) in [6.45, 7) is 6.41. The first-order valence-corrected chi connectivity index (χ1v) is 8.39. The Hall–Kier alpha value is -2.80. The predicted octanol–water partition coefficient (Wildman–Crippen LogP) is 5.50. The molecule has 0 aliphatic heterocycles. The van der Waals surface area contributed by atoms with E-state index in [0.717, 1.165) is 19.3 Å². The van der Waals surface area contributed by atoms with Crippen molar-refractivity contribution in [2.24, 2.45) is 0 Å². The van der Waals surface area contributed by atoms with Gasteiger partial charge in [-0.1, -0.05) is 55.3 Å². The second-order valence-electron chi connectivity index (χ2n) is 5.94. The Kier molecular flexibility index (Phi) is 5.25. The fourth-order valence-corrected chi connectivity index (χ4v) is 3.45. The summed E-state index contributed by atoms with van der Waals surface area (Å²) >= 11 is 5.38. The van der Waals surface area contributed by atoms with Crippen LogP contribution in [0.1, 0.15) is 41.5 Å². The molecule has 0 N–H and O–H groups in total. The molecular weight excluding hydrogens is 575 g/mol. The molecule has 0 fully saturated rings. The van der Waals surface area contributed by atoms with Gasteiger partial charge in [-0.2, -0.15) is 6.42 Å². The van der Waals surface area contributed by atoms with Gasteiger partial charge in [-0.3, -0.25) is 0 Å². The maximum atomic E-state index is 11.1. The fraction of sp³-hybridized carbons (Fsp3) is 0.300. The van der Waals surface area contributed by atoms with Gasteiger partial charge in [0.15, 0.2) is 0 Å². The Balaban J connectivity index is 0.00000208. The molecule has 122 valence electrons. The second kappa shape index (κ2) is 7.18. The molecule has 1 aliphatic rings. The van der Waals surface area contributed by atoms with Crippen molar-refractivity contribution in [1.82, 2.24) is 0 Å². The molecule has 0 aromatic heterocycles. The average Bonchev–Trinajstić information content (AvgIpc) is 2.85. The SMILES string of the molecule is [CH2-]Cc1ccc2c(c1)C(COC(=O)Cl)c1cc(CCC)ccc1-2.[Rf]. The summed E-state index contributed by atoms with van der Waals surface area (Å²) in [5.74, 6) is 0.0472. The first-order valence-electron chi connectivity index (χ1n) is 8.01. The van der Waals surface area contributed by atoms with Crippen LogP contribution in [0, 0.1) is 6.92 Å². The van der Waals surface area contributed by atoms with E-state index < -0.39 is 5.43 Å². The molecule has 24 heavy (non-hydrogen) atoms. The van der Waals surface area contributed by atoms with Crippen molar-refractivity contribution in [2.45, 2.75) is 32.1 Å². The van der Waals surface area contributed by atoms with Gasteiger partial charge in [0.25, 0.3) is 0 Å². The number of ether oxygens (including phenoxy) is 1. The minimum atomic E-state index is -0.752. The number of hydrogen-bond donors (Lipinski definition) is 0. The van der Waals surface area contributed by atoms with Crippen LogP contribution in [0.4, 0.5) is 4.79 Å². The second-order valence-corrected chi connectivity index (χ2v) is 6.25. The zero-order valence-electron chi connectivity index (χ0n) is 14.0. The van der Waals surface area contributed by atoms with Crippen molar-refractivity contribution >= 4 is 17.0 Å². The van der Waals surface area contributed by atoms with Gasteiger partial charge in [-0.15, -0.1) is 0 Å². The average molecular weight is 595 g/mol. The predicted molar refractivity (Wildman–Crippen MR) is 94.0 cm³/mol. The number of benzene rings is 2. The number of halogens is 1. The molecular formula is C20H20ClO2Rf-. The van der Waals surface area contributed by atoms with Crippen molar-refractivity contribution in [2.75, 3.05) is 6.61 Å². The first kappa shape index (κ1) is 17.6. The maximum absolute atomic E-state index is 11.1. The number of carbonyl (C=O) groups excluding carboxylic acids is 1. The quantitative estimate of drug-likeness (QED) is 0.338. The van der Waals surface area contributed by atoms with E-state index in [9.17, 15) is 4.79 Å². The van der Waals surface area contributed by atoms with Gasteiger partial charge in [-0.05, 0) is 34.2 Å². The molecule has 2 aromatic rings. The summed E-state index contributed by atoms with van der Waals surface area (Å²) in [5.41, 5.74) is 6.63. The minimum absolute atomic E-state index is 0. The summed E-state index contributed by atoms with van der Waals surface area (Å²) in [6, 6.07) is 13.1. The molecule has 0 spiro atoms. The topological polar surface area (TPSA) is 26.3 Å². The number of rotatable bonds is 5. The molecule has 1 unspecified atom stereocenters. The summed E-state index contributed by atoms with van der Waals surface area (Å²) in [6.07, 6.45) is 2.90. The molecule has 0 amide bonds. The normalized spacial score (nSPS) is 14.5. The summed E-state index contributed by atoms with van der Waals surface area (Å²) in [7, 11) is 0. The number of fused-ring (bicyclic) bond motifs is 3. The monoisotopic (exact) mass is 594 g/mol. The van der Waals surface area contributed by atoms with Crippen LogP contribution < -0.4 is 0 Å². The molecule has 0 bridgehead atoms. The molecule has 1 atom stereocenters. The molecule has 0 saturated carbocycles. The molecule has 2 aromatic carbocycles. The molecule has 3 rings (SSSR count). The van der Waals surface area contributed by atoms with Crippen LogP contribution in [0.5, 0.6) is 0 Å². The van der Waals surface area contributed by atoms with Crippen molar-refractivity contribution in [3.8, 4) is 11.1 Å². The summed E-state index contributed by atoms with van der Waals surface area (Å²) in [4.78, 5) is 11.1. The van der Waals surface area contributed by atoms with Crippen LogP contribution in [0.25, 0.3) is 11.1 Å². The van der Waals surface area contributed by atoms with E-state index in [-0.39, 0.29) is 12.5 Å². The third-order valence-electron chi connectivity index (χ3n) is 4.46. The van der Waals surface area contributed by atoms with Crippen molar-refractivity contribution in [3.63, 3.8) is 0 Å². The van der Waals surface area contributed by atoms with E-state index in [1.165, 1.54) is 33.4 Å². The summed E-state index contributed by atoms with van der Waals surface area (Å²) < 4.78 is 5.12. The Bertz CT molecular complexity index is 742. The summed E-state index contributed by atoms with van der Waals surface area (Å²) in [5, 5.41) is 0. The largest absolute Gasteiger partial charge is 0.453 e. The van der Waals surface area contributed by atoms with Crippen LogP contribution in [0.3, 0.4) is 0 Å². The number of aryl methyl sites for hydroxylation is 1. The molecule has 2 nitrogen and oxygen atoms in total. The van der Waals surface area contributed by atoms with E-state index >= 15 is 0 Å². The first-order chi connectivity index (χ1) is 11.1. The van der Waals surface area contributed by atoms with E-state index in [0.29, 0.717) is 0 Å². The van der Waals surface area contributed by atoms with Crippen molar-refractivity contribution in [3.05, 3.63) is 65.6 Å². The van der Waals surface area contributed by atoms with Crippen LogP contribution in [-0.2, 0) is 17.6 Å². The molecule has 0 heterocycles. The minimum Gasteiger partial charge on any atom is -0.453 e. The molecule has 1 aliphatic carbocycles. The van der Waals surface area contributed by atoms with E-state index in [2.05, 4.69) is 50.2 Å². The van der Waals surface area contributed by atoms with Gasteiger partial charge >= 0.3 is 5.43 Å². The van der Waals surface area contributed by atoms with Crippen LogP contribution in [0.15, 0.2) is 36.4 Å². The standard InChI is InChI=1S/C20H20ClO2.Rf/c1-3-5-14-7-9-16-15-8-6-13(4-2)10-17(15)19(18(16)11-14)12-23-20(21)22;/h6-11,19H,2-5,12H2,1H3;/q-1;.